The van der Waals surface area contributed by atoms with E-state index in [0.29, 0.717) is 0 Å². The highest BCUT2D eigenvalue weighted by molar-refractivity contribution is 9.10. The van der Waals surface area contributed by atoms with Crippen molar-refractivity contribution in [2.45, 2.75) is 6.92 Å². The van der Waals surface area contributed by atoms with Crippen LogP contribution in [-0.4, -0.2) is 18.3 Å². The fourth-order valence-electron chi connectivity index (χ4n) is 1.10. The minimum atomic E-state index is -2.21. The number of pyridine rings is 1. The second kappa shape index (κ2) is 3.31. The molecular formula is C8H11BrNOP. The van der Waals surface area contributed by atoms with Gasteiger partial charge in [0.05, 0.1) is 0 Å². The number of aryl methyl sites for hydroxylation is 1. The average Bonchev–Trinajstić information content (AvgIpc) is 1.83. The zero-order valence-electron chi connectivity index (χ0n) is 7.34. The second-order valence-electron chi connectivity index (χ2n) is 3.14. The molecule has 0 aliphatic rings. The molecule has 0 saturated carbocycles. The van der Waals surface area contributed by atoms with Gasteiger partial charge in [-0.15, -0.1) is 0 Å². The van der Waals surface area contributed by atoms with Crippen molar-refractivity contribution in [1.29, 1.82) is 0 Å². The van der Waals surface area contributed by atoms with Crippen LogP contribution in [0.1, 0.15) is 5.56 Å². The third-order valence-electron chi connectivity index (χ3n) is 1.53. The van der Waals surface area contributed by atoms with Crippen molar-refractivity contribution in [1.82, 2.24) is 4.98 Å². The third kappa shape index (κ3) is 2.18. The van der Waals surface area contributed by atoms with Gasteiger partial charge in [-0.1, -0.05) is 0 Å². The van der Waals surface area contributed by atoms with Crippen LogP contribution in [0.25, 0.3) is 0 Å². The first-order valence-electron chi connectivity index (χ1n) is 3.59. The monoisotopic (exact) mass is 247 g/mol. The van der Waals surface area contributed by atoms with Crippen LogP contribution in [0.15, 0.2) is 16.7 Å². The molecule has 0 unspecified atom stereocenters. The Kier molecular flexibility index (Phi) is 2.74. The summed E-state index contributed by atoms with van der Waals surface area (Å²) in [5.74, 6) is 0. The number of hydrogen-bond acceptors (Lipinski definition) is 2. The summed E-state index contributed by atoms with van der Waals surface area (Å²) in [5.41, 5.74) is 1.71. The van der Waals surface area contributed by atoms with Crippen molar-refractivity contribution in [2.24, 2.45) is 0 Å². The average molecular weight is 248 g/mol. The van der Waals surface area contributed by atoms with Crippen LogP contribution < -0.4 is 5.44 Å². The molecule has 0 atom stereocenters. The van der Waals surface area contributed by atoms with Crippen LogP contribution in [-0.2, 0) is 4.57 Å². The van der Waals surface area contributed by atoms with Crippen molar-refractivity contribution in [3.05, 3.63) is 22.3 Å². The van der Waals surface area contributed by atoms with Crippen molar-refractivity contribution < 1.29 is 4.57 Å². The highest BCUT2D eigenvalue weighted by Crippen LogP contribution is 2.34. The van der Waals surface area contributed by atoms with Gasteiger partial charge < -0.3 is 4.57 Å². The molecule has 0 amide bonds. The molecule has 4 heteroatoms. The summed E-state index contributed by atoms with van der Waals surface area (Å²) < 4.78 is 12.6. The molecule has 66 valence electrons. The van der Waals surface area contributed by atoms with Gasteiger partial charge in [0.2, 0.25) is 0 Å². The lowest BCUT2D eigenvalue weighted by atomic mass is 10.3. The molecule has 0 aliphatic heterocycles. The Morgan fingerprint density at radius 2 is 2.08 bits per heavy atom. The van der Waals surface area contributed by atoms with E-state index in [9.17, 15) is 4.57 Å². The lowest BCUT2D eigenvalue weighted by Gasteiger charge is -2.08. The van der Waals surface area contributed by atoms with Crippen molar-refractivity contribution in [3.63, 3.8) is 0 Å². The normalized spacial score (nSPS) is 11.7. The molecule has 0 fully saturated rings. The number of hydrogen-bond donors (Lipinski definition) is 0. The summed E-state index contributed by atoms with van der Waals surface area (Å²) in [6.45, 7) is 5.39. The number of nitrogens with zero attached hydrogens (tertiary/aromatic N) is 1. The lowest BCUT2D eigenvalue weighted by Crippen LogP contribution is -2.11. The molecule has 2 nitrogen and oxygen atoms in total. The summed E-state index contributed by atoms with van der Waals surface area (Å²) in [7, 11) is -2.21. The van der Waals surface area contributed by atoms with Crippen LogP contribution in [0, 0.1) is 6.92 Å². The molecular weight excluding hydrogens is 237 g/mol. The van der Waals surface area contributed by atoms with Crippen LogP contribution in [0.2, 0.25) is 0 Å². The van der Waals surface area contributed by atoms with Gasteiger partial charge in [-0.25, -0.2) is 0 Å². The molecule has 0 aromatic carbocycles. The van der Waals surface area contributed by atoms with Gasteiger partial charge in [-0.05, 0) is 47.8 Å². The SMILES string of the molecule is Cc1cc(Br)cnc1P(C)(C)=O. The summed E-state index contributed by atoms with van der Waals surface area (Å²) in [4.78, 5) is 4.14. The third-order valence-corrected chi connectivity index (χ3v) is 3.45. The quantitative estimate of drug-likeness (QED) is 0.714. The molecule has 0 radical (unpaired) electrons. The highest BCUT2D eigenvalue weighted by atomic mass is 79.9. The van der Waals surface area contributed by atoms with E-state index in [2.05, 4.69) is 20.9 Å². The first kappa shape index (κ1) is 9.94. The number of aromatic nitrogens is 1. The van der Waals surface area contributed by atoms with Gasteiger partial charge >= 0.3 is 0 Å². The maximum Gasteiger partial charge on any atom is 0.127 e. The fraction of sp³-hybridized carbons (Fsp3) is 0.375. The summed E-state index contributed by atoms with van der Waals surface area (Å²) in [5, 5.41) is 0. The summed E-state index contributed by atoms with van der Waals surface area (Å²) in [6.07, 6.45) is 1.68. The summed E-state index contributed by atoms with van der Waals surface area (Å²) >= 11 is 3.31. The van der Waals surface area contributed by atoms with Gasteiger partial charge in [-0.3, -0.25) is 4.98 Å². The first-order chi connectivity index (χ1) is 5.41. The number of halogens is 1. The van der Waals surface area contributed by atoms with E-state index in [4.69, 9.17) is 0 Å². The van der Waals surface area contributed by atoms with Crippen molar-refractivity contribution >= 4 is 28.5 Å². The van der Waals surface area contributed by atoms with E-state index < -0.39 is 7.14 Å². The van der Waals surface area contributed by atoms with Gasteiger partial charge in [0, 0.05) is 10.7 Å². The maximum absolute atomic E-state index is 11.7. The van der Waals surface area contributed by atoms with E-state index in [1.54, 1.807) is 19.5 Å². The maximum atomic E-state index is 11.7. The highest BCUT2D eigenvalue weighted by Gasteiger charge is 2.15. The molecule has 0 spiro atoms. The Morgan fingerprint density at radius 3 is 2.50 bits per heavy atom. The largest absolute Gasteiger partial charge is 0.318 e. The van der Waals surface area contributed by atoms with E-state index in [1.165, 1.54) is 0 Å². The van der Waals surface area contributed by atoms with Crippen molar-refractivity contribution in [2.75, 3.05) is 13.3 Å². The van der Waals surface area contributed by atoms with E-state index >= 15 is 0 Å². The van der Waals surface area contributed by atoms with Gasteiger partial charge in [0.1, 0.15) is 12.6 Å². The van der Waals surface area contributed by atoms with Crippen LogP contribution >= 0.6 is 23.1 Å². The van der Waals surface area contributed by atoms with Crippen molar-refractivity contribution in [3.8, 4) is 0 Å². The molecule has 1 aromatic heterocycles. The molecule has 0 bridgehead atoms. The van der Waals surface area contributed by atoms with Crippen LogP contribution in [0.3, 0.4) is 0 Å². The number of rotatable bonds is 1. The smallest absolute Gasteiger partial charge is 0.127 e. The topological polar surface area (TPSA) is 30.0 Å². The Bertz CT molecular complexity index is 345. The minimum Gasteiger partial charge on any atom is -0.318 e. The van der Waals surface area contributed by atoms with E-state index in [-0.39, 0.29) is 0 Å². The van der Waals surface area contributed by atoms with Gasteiger partial charge in [-0.2, -0.15) is 0 Å². The molecule has 1 rings (SSSR count). The van der Waals surface area contributed by atoms with Gasteiger partial charge in [0.15, 0.2) is 0 Å². The standard InChI is InChI=1S/C8H11BrNOP/c1-6-4-7(9)5-10-8(6)12(2,3)11/h4-5H,1-3H3. The van der Waals surface area contributed by atoms with E-state index in [0.717, 1.165) is 15.5 Å². The molecule has 0 N–H and O–H groups in total. The predicted molar refractivity (Wildman–Crippen MR) is 55.8 cm³/mol. The van der Waals surface area contributed by atoms with Crippen LogP contribution in [0.4, 0.5) is 0 Å². The molecule has 0 aliphatic carbocycles. The molecule has 12 heavy (non-hydrogen) atoms. The Balaban J connectivity index is 3.28. The second-order valence-corrected chi connectivity index (χ2v) is 7.19. The lowest BCUT2D eigenvalue weighted by molar-refractivity contribution is 0.587. The predicted octanol–water partition coefficient (Wildman–Crippen LogP) is 2.40. The summed E-state index contributed by atoms with van der Waals surface area (Å²) in [6, 6.07) is 1.93. The zero-order valence-corrected chi connectivity index (χ0v) is 9.82. The minimum absolute atomic E-state index is 0.728. The first-order valence-corrected chi connectivity index (χ1v) is 6.98. The Labute approximate surface area is 80.9 Å². The Morgan fingerprint density at radius 1 is 1.50 bits per heavy atom. The molecule has 1 aromatic rings. The molecule has 0 saturated heterocycles. The zero-order chi connectivity index (χ0) is 9.35. The molecule has 1 heterocycles. The van der Waals surface area contributed by atoms with Crippen LogP contribution in [0.5, 0.6) is 0 Å². The Hall–Kier alpha value is -0.140. The van der Waals surface area contributed by atoms with E-state index in [1.807, 2.05) is 13.0 Å². The fourth-order valence-corrected chi connectivity index (χ4v) is 2.79. The van der Waals surface area contributed by atoms with Gasteiger partial charge in [0.25, 0.3) is 0 Å².